The summed E-state index contributed by atoms with van der Waals surface area (Å²) in [5, 5.41) is 32.6. The maximum absolute atomic E-state index is 10.2. The predicted molar refractivity (Wildman–Crippen MR) is 89.1 cm³/mol. The first-order valence-electron chi connectivity index (χ1n) is 8.20. The van der Waals surface area contributed by atoms with E-state index in [1.807, 2.05) is 0 Å². The van der Waals surface area contributed by atoms with E-state index in [2.05, 4.69) is 30.2 Å². The number of aromatic nitrogens is 6. The van der Waals surface area contributed by atoms with Crippen molar-refractivity contribution < 1.29 is 20.1 Å². The molecule has 0 saturated carbocycles. The Labute approximate surface area is 147 Å². The van der Waals surface area contributed by atoms with Crippen LogP contribution in [0.4, 0.5) is 5.82 Å². The topological polar surface area (TPSA) is 154 Å². The van der Waals surface area contributed by atoms with E-state index < -0.39 is 31.1 Å². The van der Waals surface area contributed by atoms with Crippen LogP contribution in [0.2, 0.25) is 0 Å². The number of nitrogens with one attached hydrogen (secondary N) is 2. The highest BCUT2D eigenvalue weighted by Crippen LogP contribution is 2.31. The molecule has 1 aliphatic heterocycles. The molecule has 3 aromatic heterocycles. The summed E-state index contributed by atoms with van der Waals surface area (Å²) in [6.45, 7) is 0.228. The van der Waals surface area contributed by atoms with Gasteiger partial charge in [-0.15, -0.1) is 0 Å². The van der Waals surface area contributed by atoms with Crippen LogP contribution in [0.1, 0.15) is 11.9 Å². The number of imidazole rings is 2. The summed E-state index contributed by atoms with van der Waals surface area (Å²) in [6, 6.07) is 0. The Hall–Kier alpha value is -2.60. The Morgan fingerprint density at radius 2 is 2.12 bits per heavy atom. The van der Waals surface area contributed by atoms with Crippen molar-refractivity contribution in [1.82, 2.24) is 29.5 Å². The van der Waals surface area contributed by atoms with Crippen LogP contribution in [0.5, 0.6) is 0 Å². The molecule has 0 amide bonds. The number of aliphatic hydroxyl groups is 3. The minimum absolute atomic E-state index is 0.392. The van der Waals surface area contributed by atoms with Crippen LogP contribution in [0.25, 0.3) is 11.2 Å². The highest BCUT2D eigenvalue weighted by molar-refractivity contribution is 5.82. The Bertz CT molecular complexity index is 868. The van der Waals surface area contributed by atoms with Crippen LogP contribution >= 0.6 is 0 Å². The smallest absolute Gasteiger partial charge is 0.167 e. The Morgan fingerprint density at radius 1 is 1.23 bits per heavy atom. The highest BCUT2D eigenvalue weighted by atomic mass is 16.6. The quantitative estimate of drug-likeness (QED) is 0.365. The zero-order valence-electron chi connectivity index (χ0n) is 13.7. The second-order valence-corrected chi connectivity index (χ2v) is 6.03. The molecule has 0 radical (unpaired) electrons. The minimum Gasteiger partial charge on any atom is -0.394 e. The molecule has 0 bridgehead atoms. The fourth-order valence-electron chi connectivity index (χ4n) is 3.01. The van der Waals surface area contributed by atoms with Crippen LogP contribution < -0.4 is 5.32 Å². The molecule has 0 aromatic carbocycles. The first-order chi connectivity index (χ1) is 12.7. The normalized spacial score (nSPS) is 25.8. The van der Waals surface area contributed by atoms with E-state index in [9.17, 15) is 15.3 Å². The van der Waals surface area contributed by atoms with Gasteiger partial charge in [0.1, 0.15) is 24.6 Å². The van der Waals surface area contributed by atoms with Gasteiger partial charge in [-0.3, -0.25) is 4.57 Å². The van der Waals surface area contributed by atoms with Crippen molar-refractivity contribution >= 4 is 17.0 Å². The van der Waals surface area contributed by atoms with E-state index in [0.717, 1.165) is 12.1 Å². The molecule has 4 rings (SSSR count). The Balaban J connectivity index is 1.55. The zero-order valence-corrected chi connectivity index (χ0v) is 13.7. The number of ether oxygens (including phenoxy) is 1. The molecule has 11 heteroatoms. The van der Waals surface area contributed by atoms with Gasteiger partial charge in [-0.2, -0.15) is 0 Å². The molecule has 5 N–H and O–H groups in total. The number of hydrogen-bond acceptors (Lipinski definition) is 9. The van der Waals surface area contributed by atoms with Crippen molar-refractivity contribution in [2.24, 2.45) is 0 Å². The lowest BCUT2D eigenvalue weighted by Crippen LogP contribution is -2.33. The molecule has 138 valence electrons. The summed E-state index contributed by atoms with van der Waals surface area (Å²) in [7, 11) is 0. The van der Waals surface area contributed by atoms with Gasteiger partial charge in [0.05, 0.1) is 19.3 Å². The molecule has 0 spiro atoms. The molecule has 0 aliphatic carbocycles. The van der Waals surface area contributed by atoms with Crippen LogP contribution in [0.15, 0.2) is 25.2 Å². The molecule has 1 saturated heterocycles. The van der Waals surface area contributed by atoms with Crippen molar-refractivity contribution in [3.63, 3.8) is 0 Å². The minimum atomic E-state index is -1.20. The number of fused-ring (bicyclic) bond motifs is 1. The summed E-state index contributed by atoms with van der Waals surface area (Å²) in [6.07, 6.45) is 2.85. The van der Waals surface area contributed by atoms with Gasteiger partial charge in [-0.1, -0.05) is 0 Å². The van der Waals surface area contributed by atoms with Crippen molar-refractivity contribution in [3.8, 4) is 0 Å². The monoisotopic (exact) mass is 361 g/mol. The van der Waals surface area contributed by atoms with Crippen LogP contribution in [0.3, 0.4) is 0 Å². The summed E-state index contributed by atoms with van der Waals surface area (Å²) >= 11 is 0. The van der Waals surface area contributed by atoms with Gasteiger partial charge in [0.25, 0.3) is 0 Å². The molecule has 11 nitrogen and oxygen atoms in total. The fourth-order valence-corrected chi connectivity index (χ4v) is 3.01. The number of aliphatic hydroxyl groups excluding tert-OH is 3. The Kier molecular flexibility index (Phi) is 4.51. The van der Waals surface area contributed by atoms with E-state index in [-0.39, 0.29) is 0 Å². The predicted octanol–water partition coefficient (Wildman–Crippen LogP) is -1.18. The average molecular weight is 361 g/mol. The standard InChI is InChI=1S/C15H19N7O4/c23-4-9-11(24)12(25)15(26-9)22-7-21-10-13(19-6-20-14(10)22)17-2-1-8-3-16-5-18-8/h3,5-7,9,11-12,15,23-25H,1-2,4H2,(H,16,18)(H,17,19,20)/t9-,11?,12?,15-/m1/s1. The molecule has 3 aromatic rings. The third-order valence-corrected chi connectivity index (χ3v) is 4.39. The van der Waals surface area contributed by atoms with Crippen LogP contribution in [-0.2, 0) is 11.2 Å². The van der Waals surface area contributed by atoms with Gasteiger partial charge < -0.3 is 30.4 Å². The Morgan fingerprint density at radius 3 is 2.85 bits per heavy atom. The van der Waals surface area contributed by atoms with Gasteiger partial charge in [0.2, 0.25) is 0 Å². The zero-order chi connectivity index (χ0) is 18.1. The third kappa shape index (κ3) is 2.90. The lowest BCUT2D eigenvalue weighted by atomic mass is 10.1. The second kappa shape index (κ2) is 6.96. The number of hydrogen-bond donors (Lipinski definition) is 5. The molecule has 26 heavy (non-hydrogen) atoms. The van der Waals surface area contributed by atoms with E-state index in [4.69, 9.17) is 4.74 Å². The molecule has 2 unspecified atom stereocenters. The van der Waals surface area contributed by atoms with E-state index in [1.165, 1.54) is 17.2 Å². The van der Waals surface area contributed by atoms with E-state index >= 15 is 0 Å². The number of nitrogens with zero attached hydrogens (tertiary/aromatic N) is 5. The SMILES string of the molecule is OC[C@H]1O[C@@H](n2cnc3c(NCCc4cnc[nH]4)ncnc32)C(O)C1O. The number of anilines is 1. The molecule has 4 heterocycles. The van der Waals surface area contributed by atoms with Gasteiger partial charge in [0, 0.05) is 24.9 Å². The van der Waals surface area contributed by atoms with E-state index in [0.29, 0.717) is 23.5 Å². The van der Waals surface area contributed by atoms with Gasteiger partial charge in [-0.05, 0) is 0 Å². The number of H-pyrrole nitrogens is 1. The molecule has 4 atom stereocenters. The van der Waals surface area contributed by atoms with Gasteiger partial charge in [0.15, 0.2) is 23.2 Å². The first-order valence-corrected chi connectivity index (χ1v) is 8.20. The van der Waals surface area contributed by atoms with Crippen molar-refractivity contribution in [2.75, 3.05) is 18.5 Å². The lowest BCUT2D eigenvalue weighted by molar-refractivity contribution is -0.0511. The van der Waals surface area contributed by atoms with Crippen molar-refractivity contribution in [3.05, 3.63) is 30.9 Å². The number of rotatable bonds is 6. The van der Waals surface area contributed by atoms with Crippen molar-refractivity contribution in [1.29, 1.82) is 0 Å². The van der Waals surface area contributed by atoms with Crippen LogP contribution in [0, 0.1) is 0 Å². The van der Waals surface area contributed by atoms with Crippen LogP contribution in [-0.4, -0.2) is 76.3 Å². The lowest BCUT2D eigenvalue weighted by Gasteiger charge is -2.16. The second-order valence-electron chi connectivity index (χ2n) is 6.03. The molecular formula is C15H19N7O4. The molecule has 1 fully saturated rings. The van der Waals surface area contributed by atoms with Gasteiger partial charge >= 0.3 is 0 Å². The summed E-state index contributed by atoms with van der Waals surface area (Å²) < 4.78 is 7.07. The maximum Gasteiger partial charge on any atom is 0.167 e. The van der Waals surface area contributed by atoms with Gasteiger partial charge in [-0.25, -0.2) is 19.9 Å². The molecule has 1 aliphatic rings. The fraction of sp³-hybridized carbons (Fsp3) is 0.467. The van der Waals surface area contributed by atoms with Crippen molar-refractivity contribution in [2.45, 2.75) is 31.0 Å². The molecular weight excluding hydrogens is 342 g/mol. The first kappa shape index (κ1) is 16.8. The summed E-state index contributed by atoms with van der Waals surface area (Å²) in [5.41, 5.74) is 1.98. The summed E-state index contributed by atoms with van der Waals surface area (Å²) in [4.78, 5) is 19.7. The van der Waals surface area contributed by atoms with E-state index in [1.54, 1.807) is 12.5 Å². The maximum atomic E-state index is 10.2. The summed E-state index contributed by atoms with van der Waals surface area (Å²) in [5.74, 6) is 0.556. The third-order valence-electron chi connectivity index (χ3n) is 4.39. The highest BCUT2D eigenvalue weighted by Gasteiger charge is 2.44. The average Bonchev–Trinajstić information content (AvgIpc) is 3.37. The number of aromatic amines is 1. The largest absolute Gasteiger partial charge is 0.394 e.